The zero-order chi connectivity index (χ0) is 28.7. The summed E-state index contributed by atoms with van der Waals surface area (Å²) in [4.78, 5) is 17.7. The van der Waals surface area contributed by atoms with Crippen molar-refractivity contribution in [2.75, 3.05) is 38.0 Å². The molecule has 0 amide bonds. The van der Waals surface area contributed by atoms with E-state index in [4.69, 9.17) is 9.47 Å². The van der Waals surface area contributed by atoms with E-state index in [1.807, 2.05) is 0 Å². The van der Waals surface area contributed by atoms with Gasteiger partial charge in [-0.25, -0.2) is 13.8 Å². The molecule has 1 unspecified atom stereocenters. The topological polar surface area (TPSA) is 139 Å². The first-order chi connectivity index (χ1) is 19.1. The van der Waals surface area contributed by atoms with Gasteiger partial charge in [0, 0.05) is 13.6 Å². The van der Waals surface area contributed by atoms with Crippen molar-refractivity contribution in [3.8, 4) is 17.6 Å². The largest absolute Gasteiger partial charge is 0.450 e. The minimum atomic E-state index is -4.05. The Morgan fingerprint density at radius 2 is 2.05 bits per heavy atom. The highest BCUT2D eigenvalue weighted by molar-refractivity contribution is 7.90. The molecule has 212 valence electrons. The number of hydrogen-bond acceptors (Lipinski definition) is 8. The zero-order valence-corrected chi connectivity index (χ0v) is 22.7. The fourth-order valence-corrected chi connectivity index (χ4v) is 6.03. The summed E-state index contributed by atoms with van der Waals surface area (Å²) in [6.07, 6.45) is 3.58. The second kappa shape index (κ2) is 10.7. The maximum Gasteiger partial charge on any atom is 0.301 e. The van der Waals surface area contributed by atoms with E-state index in [0.717, 1.165) is 42.4 Å². The fourth-order valence-electron chi connectivity index (χ4n) is 5.08. The van der Waals surface area contributed by atoms with Gasteiger partial charge >= 0.3 is 10.2 Å². The Labute approximate surface area is 229 Å². The molecule has 11 nitrogen and oxygen atoms in total. The van der Waals surface area contributed by atoms with Crippen LogP contribution in [0.3, 0.4) is 0 Å². The van der Waals surface area contributed by atoms with Crippen molar-refractivity contribution in [1.29, 1.82) is 5.26 Å². The predicted molar refractivity (Wildman–Crippen MR) is 142 cm³/mol. The molecule has 3 heterocycles. The molecule has 2 aliphatic heterocycles. The normalized spacial score (nSPS) is 18.8. The molecule has 0 saturated carbocycles. The van der Waals surface area contributed by atoms with Crippen molar-refractivity contribution < 1.29 is 26.7 Å². The van der Waals surface area contributed by atoms with Gasteiger partial charge in [-0.3, -0.25) is 14.1 Å². The number of ether oxygens (including phenoxy) is 2. The minimum Gasteiger partial charge on any atom is -0.450 e. The van der Waals surface area contributed by atoms with Gasteiger partial charge in [0.25, 0.3) is 5.56 Å². The molecular weight excluding hydrogens is 546 g/mol. The molecule has 2 aliphatic rings. The third kappa shape index (κ3) is 5.01. The molecule has 0 bridgehead atoms. The van der Waals surface area contributed by atoms with Crippen LogP contribution in [0, 0.1) is 23.0 Å². The van der Waals surface area contributed by atoms with Gasteiger partial charge in [-0.2, -0.15) is 18.0 Å². The van der Waals surface area contributed by atoms with Crippen molar-refractivity contribution in [2.24, 2.45) is 0 Å². The number of nitrogens with zero attached hydrogens (tertiary/aromatic N) is 4. The highest BCUT2D eigenvalue weighted by Gasteiger charge is 2.42. The van der Waals surface area contributed by atoms with E-state index in [1.54, 1.807) is 13.0 Å². The first-order valence-corrected chi connectivity index (χ1v) is 14.2. The van der Waals surface area contributed by atoms with Crippen LogP contribution in [-0.2, 0) is 14.9 Å². The van der Waals surface area contributed by atoms with Crippen molar-refractivity contribution in [3.05, 3.63) is 58.1 Å². The lowest BCUT2D eigenvalue weighted by Gasteiger charge is -2.32. The lowest BCUT2D eigenvalue weighted by atomic mass is 9.88. The smallest absolute Gasteiger partial charge is 0.301 e. The number of fused-ring (bicyclic) bond motifs is 1. The number of rotatable bonds is 7. The summed E-state index contributed by atoms with van der Waals surface area (Å²) in [5, 5.41) is 12.7. The molecule has 3 aromatic rings. The summed E-state index contributed by atoms with van der Waals surface area (Å²) in [6, 6.07) is 5.87. The third-order valence-corrected chi connectivity index (χ3v) is 9.04. The van der Waals surface area contributed by atoms with Gasteiger partial charge in [-0.05, 0) is 56.6 Å². The average Bonchev–Trinajstić information content (AvgIpc) is 3.34. The van der Waals surface area contributed by atoms with Crippen molar-refractivity contribution in [1.82, 2.24) is 19.2 Å². The average molecular weight is 575 g/mol. The number of benzene rings is 2. The first-order valence-electron chi connectivity index (χ1n) is 12.8. The Balaban J connectivity index is 1.51. The molecule has 2 saturated heterocycles. The monoisotopic (exact) mass is 574 g/mol. The Hall–Kier alpha value is -3.64. The van der Waals surface area contributed by atoms with E-state index in [-0.39, 0.29) is 41.4 Å². The van der Waals surface area contributed by atoms with Gasteiger partial charge in [0.1, 0.15) is 17.0 Å². The number of anilines is 1. The zero-order valence-electron chi connectivity index (χ0n) is 21.9. The second-order valence-corrected chi connectivity index (χ2v) is 11.6. The van der Waals surface area contributed by atoms with E-state index in [9.17, 15) is 22.9 Å². The van der Waals surface area contributed by atoms with Gasteiger partial charge in [0.15, 0.2) is 23.1 Å². The van der Waals surface area contributed by atoms with E-state index in [0.29, 0.717) is 6.42 Å². The minimum absolute atomic E-state index is 0.0756. The number of aromatic nitrogens is 2. The molecule has 2 aromatic carbocycles. The summed E-state index contributed by atoms with van der Waals surface area (Å²) in [7, 11) is -2.73. The third-order valence-electron chi connectivity index (χ3n) is 7.48. The van der Waals surface area contributed by atoms with E-state index >= 15 is 4.39 Å². The quantitative estimate of drug-likeness (QED) is 0.439. The summed E-state index contributed by atoms with van der Waals surface area (Å²) >= 11 is 0. The Bertz CT molecular complexity index is 1670. The van der Waals surface area contributed by atoms with Crippen LogP contribution in [0.4, 0.5) is 14.5 Å². The lowest BCUT2D eigenvalue weighted by Crippen LogP contribution is -2.41. The summed E-state index contributed by atoms with van der Waals surface area (Å²) < 4.78 is 71.7. The molecule has 2 fully saturated rings. The van der Waals surface area contributed by atoms with Gasteiger partial charge in [0.2, 0.25) is 0 Å². The molecule has 2 N–H and O–H groups in total. The molecule has 1 spiro atoms. The summed E-state index contributed by atoms with van der Waals surface area (Å²) in [5.74, 6) is -3.33. The van der Waals surface area contributed by atoms with Crippen LogP contribution in [0.2, 0.25) is 0 Å². The van der Waals surface area contributed by atoms with Crippen LogP contribution >= 0.6 is 0 Å². The van der Waals surface area contributed by atoms with Gasteiger partial charge in [-0.1, -0.05) is 6.92 Å². The van der Waals surface area contributed by atoms with Crippen LogP contribution < -0.4 is 20.3 Å². The maximum atomic E-state index is 15.8. The number of nitriles is 1. The van der Waals surface area contributed by atoms with Crippen LogP contribution in [0.5, 0.6) is 11.5 Å². The van der Waals surface area contributed by atoms with E-state index in [1.165, 1.54) is 30.1 Å². The van der Waals surface area contributed by atoms with Gasteiger partial charge < -0.3 is 14.8 Å². The number of nitrogens with one attached hydrogen (secondary N) is 2. The Kier molecular flexibility index (Phi) is 7.49. The SMILES string of the molecule is CCN(C)S(=O)(=O)Nc1ccc(F)c(Oc2ccc3ncn(C4COC5(CCNCC5)C4)c(=O)c3c2F)c1C#N. The molecule has 14 heteroatoms. The van der Waals surface area contributed by atoms with E-state index < -0.39 is 44.5 Å². The van der Waals surface area contributed by atoms with Crippen LogP contribution in [-0.4, -0.2) is 61.2 Å². The fraction of sp³-hybridized carbons (Fsp3) is 0.423. The van der Waals surface area contributed by atoms with Crippen LogP contribution in [0.25, 0.3) is 10.9 Å². The van der Waals surface area contributed by atoms with Crippen molar-refractivity contribution in [2.45, 2.75) is 37.8 Å². The molecule has 5 rings (SSSR count). The lowest BCUT2D eigenvalue weighted by molar-refractivity contribution is -0.0196. The molecule has 1 atom stereocenters. The van der Waals surface area contributed by atoms with Gasteiger partial charge in [0.05, 0.1) is 35.8 Å². The Morgan fingerprint density at radius 3 is 2.75 bits per heavy atom. The van der Waals surface area contributed by atoms with Crippen molar-refractivity contribution in [3.63, 3.8) is 0 Å². The number of hydrogen-bond donors (Lipinski definition) is 2. The molecule has 1 aromatic heterocycles. The van der Waals surface area contributed by atoms with Gasteiger partial charge in [-0.15, -0.1) is 0 Å². The number of halogens is 2. The van der Waals surface area contributed by atoms with Crippen molar-refractivity contribution >= 4 is 26.8 Å². The highest BCUT2D eigenvalue weighted by atomic mass is 32.2. The molecule has 0 aliphatic carbocycles. The first kappa shape index (κ1) is 27.9. The Morgan fingerprint density at radius 1 is 1.30 bits per heavy atom. The highest BCUT2D eigenvalue weighted by Crippen LogP contribution is 2.39. The summed E-state index contributed by atoms with van der Waals surface area (Å²) in [6.45, 7) is 3.66. The van der Waals surface area contributed by atoms with E-state index in [2.05, 4.69) is 15.0 Å². The molecule has 0 radical (unpaired) electrons. The molecular formula is C26H28F2N6O5S. The van der Waals surface area contributed by atoms with Crippen LogP contribution in [0.15, 0.2) is 35.4 Å². The number of piperidine rings is 1. The van der Waals surface area contributed by atoms with Crippen LogP contribution in [0.1, 0.15) is 37.8 Å². The maximum absolute atomic E-state index is 15.8. The standard InChI is InChI=1S/C26H28F2N6O5S/c1-3-33(2)40(36,37)32-19-5-4-18(27)24(17(19)13-29)39-21-7-6-20-22(23(21)28)25(35)34(15-31-20)16-12-26(38-14-16)8-10-30-11-9-26/h4-7,15-16,30,32H,3,8-12,14H2,1-2H3. The molecule has 40 heavy (non-hydrogen) atoms. The second-order valence-electron chi connectivity index (χ2n) is 9.86. The predicted octanol–water partition coefficient (Wildman–Crippen LogP) is 3.03. The summed E-state index contributed by atoms with van der Waals surface area (Å²) in [5.41, 5.74) is -1.65.